The third-order valence-corrected chi connectivity index (χ3v) is 19.7. The summed E-state index contributed by atoms with van der Waals surface area (Å²) in [7, 11) is -7.54. The van der Waals surface area contributed by atoms with Crippen LogP contribution >= 0.6 is 0 Å². The fourth-order valence-electron chi connectivity index (χ4n) is 5.40. The van der Waals surface area contributed by atoms with Crippen molar-refractivity contribution in [1.29, 1.82) is 0 Å². The number of sulfonamides is 1. The molecule has 1 aliphatic rings. The van der Waals surface area contributed by atoms with Crippen molar-refractivity contribution in [2.75, 3.05) is 11.2 Å². The zero-order valence-corrected chi connectivity index (χ0v) is 33.9. The van der Waals surface area contributed by atoms with E-state index in [0.29, 0.717) is 12.0 Å². The molecule has 3 aromatic carbocycles. The summed E-state index contributed by atoms with van der Waals surface area (Å²) in [6.45, 7) is 22.5. The number of rotatable bonds is 11. The van der Waals surface area contributed by atoms with Gasteiger partial charge in [0.2, 0.25) is 24.2 Å². The number of β-lactam (4-membered cyclic amide) rings is 1. The molecule has 0 aromatic heterocycles. The van der Waals surface area contributed by atoms with Gasteiger partial charge in [0, 0.05) is 17.3 Å². The van der Waals surface area contributed by atoms with Crippen LogP contribution in [-0.4, -0.2) is 37.2 Å². The second-order valence-corrected chi connectivity index (χ2v) is 27.4. The Labute approximate surface area is 297 Å². The van der Waals surface area contributed by atoms with Gasteiger partial charge in [-0.3, -0.25) is 4.79 Å². The number of carbonyl (C=O) groups excluding carboxylic acids is 1. The van der Waals surface area contributed by atoms with E-state index in [9.17, 15) is 13.2 Å². The average Bonchev–Trinajstić information content (AvgIpc) is 2.99. The van der Waals surface area contributed by atoms with E-state index in [1.54, 1.807) is 12.1 Å². The van der Waals surface area contributed by atoms with Gasteiger partial charge in [-0.25, -0.2) is 13.1 Å². The lowest BCUT2D eigenvalue weighted by Gasteiger charge is -2.48. The zero-order valence-electron chi connectivity index (χ0n) is 31.0. The average molecular weight is 719 g/mol. The van der Waals surface area contributed by atoms with Crippen molar-refractivity contribution in [3.05, 3.63) is 95.6 Å². The first-order chi connectivity index (χ1) is 22.6. The van der Waals surface area contributed by atoms with Crippen molar-refractivity contribution >= 4 is 38.3 Å². The predicted octanol–water partition coefficient (Wildman–Crippen LogP) is 9.18. The summed E-state index contributed by atoms with van der Waals surface area (Å²) >= 11 is 0. The van der Waals surface area contributed by atoms with Gasteiger partial charge in [-0.05, 0) is 103 Å². The molecule has 0 unspecified atom stereocenters. The third kappa shape index (κ3) is 9.45. The molecular formula is C39H54N2O5SSi2. The molecule has 49 heavy (non-hydrogen) atoms. The summed E-state index contributed by atoms with van der Waals surface area (Å²) in [6, 6.07) is 28.3. The highest BCUT2D eigenvalue weighted by Crippen LogP contribution is 2.48. The first kappa shape index (κ1) is 38.4. The van der Waals surface area contributed by atoms with Crippen LogP contribution in [0.3, 0.4) is 0 Å². The summed E-state index contributed by atoms with van der Waals surface area (Å²) in [5.74, 6) is 3.51. The van der Waals surface area contributed by atoms with Gasteiger partial charge in [-0.1, -0.05) is 84.0 Å². The lowest BCUT2D eigenvalue weighted by molar-refractivity contribution is -0.131. The van der Waals surface area contributed by atoms with Crippen LogP contribution in [0.25, 0.3) is 0 Å². The maximum atomic E-state index is 14.0. The Hall–Kier alpha value is -3.37. The number of amides is 1. The number of anilines is 1. The monoisotopic (exact) mass is 718 g/mol. The van der Waals surface area contributed by atoms with Gasteiger partial charge < -0.3 is 13.8 Å². The SMILES string of the molecule is CC(C)(C)[Si](C)(C)Oc1ccc([C@@H]2[C@@H](CC[C@H](O[Si](C)(C)C(C)(C)C)c3ccccc3)C(=O)N2c2ccc(C#CNS(C)(=O)=O)cc2)cc1. The smallest absolute Gasteiger partial charge is 0.250 e. The fraction of sp³-hybridized carbons (Fsp3) is 0.462. The lowest BCUT2D eigenvalue weighted by Crippen LogP contribution is -2.55. The minimum absolute atomic E-state index is 0.0529. The Balaban J connectivity index is 1.64. The predicted molar refractivity (Wildman–Crippen MR) is 206 cm³/mol. The Kier molecular flexibility index (Phi) is 11.4. The van der Waals surface area contributed by atoms with Crippen LogP contribution in [0.4, 0.5) is 5.69 Å². The number of nitrogens with zero attached hydrogens (tertiary/aromatic N) is 1. The molecule has 264 valence electrons. The van der Waals surface area contributed by atoms with E-state index in [4.69, 9.17) is 8.85 Å². The van der Waals surface area contributed by atoms with E-state index in [1.807, 2.05) is 35.2 Å². The molecule has 0 saturated carbocycles. The van der Waals surface area contributed by atoms with Gasteiger partial charge in [-0.2, -0.15) is 0 Å². The van der Waals surface area contributed by atoms with Crippen molar-refractivity contribution in [1.82, 2.24) is 4.72 Å². The van der Waals surface area contributed by atoms with Crippen LogP contribution in [-0.2, 0) is 19.2 Å². The van der Waals surface area contributed by atoms with Crippen LogP contribution in [0, 0.1) is 17.9 Å². The summed E-state index contributed by atoms with van der Waals surface area (Å²) in [5, 5.41) is 0.129. The first-order valence-electron chi connectivity index (χ1n) is 17.0. The Bertz CT molecular complexity index is 1770. The van der Waals surface area contributed by atoms with E-state index in [2.05, 4.69) is 121 Å². The minimum atomic E-state index is -3.42. The fourth-order valence-corrected chi connectivity index (χ4v) is 7.99. The Morgan fingerprint density at radius 1 is 0.837 bits per heavy atom. The summed E-state index contributed by atoms with van der Waals surface area (Å²) in [6.07, 6.45) is 2.36. The number of benzene rings is 3. The normalized spacial score (nSPS) is 17.9. The molecule has 0 bridgehead atoms. The molecule has 1 fully saturated rings. The lowest BCUT2D eigenvalue weighted by atomic mass is 9.78. The molecule has 10 heteroatoms. The second kappa shape index (κ2) is 14.5. The molecule has 1 N–H and O–H groups in total. The Morgan fingerprint density at radius 3 is 1.94 bits per heavy atom. The van der Waals surface area contributed by atoms with Gasteiger partial charge in [0.05, 0.1) is 24.3 Å². The van der Waals surface area contributed by atoms with Gasteiger partial charge in [0.25, 0.3) is 0 Å². The first-order valence-corrected chi connectivity index (χ1v) is 24.7. The topological polar surface area (TPSA) is 84.9 Å². The van der Waals surface area contributed by atoms with E-state index in [-0.39, 0.29) is 34.0 Å². The summed E-state index contributed by atoms with van der Waals surface area (Å²) < 4.78 is 38.6. The zero-order chi connectivity index (χ0) is 36.4. The van der Waals surface area contributed by atoms with Crippen molar-refractivity contribution < 1.29 is 22.1 Å². The summed E-state index contributed by atoms with van der Waals surface area (Å²) in [4.78, 5) is 15.9. The molecule has 3 atom stereocenters. The third-order valence-electron chi connectivity index (χ3n) is 10.4. The number of hydrogen-bond acceptors (Lipinski definition) is 5. The second-order valence-electron chi connectivity index (χ2n) is 16.2. The molecule has 1 amide bonds. The van der Waals surface area contributed by atoms with Gasteiger partial charge >= 0.3 is 0 Å². The van der Waals surface area contributed by atoms with Crippen LogP contribution in [0.15, 0.2) is 78.9 Å². The van der Waals surface area contributed by atoms with Crippen LogP contribution in [0.2, 0.25) is 36.3 Å². The quantitative estimate of drug-likeness (QED) is 0.0925. The van der Waals surface area contributed by atoms with Gasteiger partial charge in [-0.15, -0.1) is 0 Å². The highest BCUT2D eigenvalue weighted by atomic mass is 32.2. The van der Waals surface area contributed by atoms with Gasteiger partial charge in [0.15, 0.2) is 8.32 Å². The van der Waals surface area contributed by atoms with Crippen molar-refractivity contribution in [3.8, 4) is 17.7 Å². The molecule has 1 aliphatic heterocycles. The number of carbonyl (C=O) groups is 1. The molecule has 0 spiro atoms. The highest BCUT2D eigenvalue weighted by molar-refractivity contribution is 7.88. The van der Waals surface area contributed by atoms with Crippen molar-refractivity contribution in [2.45, 2.75) is 103 Å². The Morgan fingerprint density at radius 2 is 1.41 bits per heavy atom. The molecular weight excluding hydrogens is 665 g/mol. The van der Waals surface area contributed by atoms with Crippen LogP contribution in [0.5, 0.6) is 5.75 Å². The maximum Gasteiger partial charge on any atom is 0.250 e. The largest absolute Gasteiger partial charge is 0.544 e. The van der Waals surface area contributed by atoms with E-state index >= 15 is 0 Å². The number of nitrogens with one attached hydrogen (secondary N) is 1. The molecule has 0 aliphatic carbocycles. The maximum absolute atomic E-state index is 14.0. The molecule has 7 nitrogen and oxygen atoms in total. The van der Waals surface area contributed by atoms with Crippen LogP contribution in [0.1, 0.15) is 83.2 Å². The molecule has 4 rings (SSSR count). The summed E-state index contributed by atoms with van der Waals surface area (Å²) in [5.41, 5.74) is 3.60. The molecule has 1 heterocycles. The van der Waals surface area contributed by atoms with E-state index in [1.165, 1.54) is 0 Å². The minimum Gasteiger partial charge on any atom is -0.544 e. The highest BCUT2D eigenvalue weighted by Gasteiger charge is 2.49. The molecule has 1 saturated heterocycles. The van der Waals surface area contributed by atoms with Crippen LogP contribution < -0.4 is 14.0 Å². The van der Waals surface area contributed by atoms with E-state index < -0.39 is 26.7 Å². The van der Waals surface area contributed by atoms with Crippen molar-refractivity contribution in [3.63, 3.8) is 0 Å². The van der Waals surface area contributed by atoms with E-state index in [0.717, 1.165) is 35.2 Å². The van der Waals surface area contributed by atoms with Gasteiger partial charge in [0.1, 0.15) is 5.75 Å². The van der Waals surface area contributed by atoms with Crippen molar-refractivity contribution in [2.24, 2.45) is 5.92 Å². The molecule has 0 radical (unpaired) electrons. The number of hydrogen-bond donors (Lipinski definition) is 1. The molecule has 3 aromatic rings. The standard InChI is InChI=1S/C39H54N2O5SSi2/c1-38(2,3)48(8,9)45-33-23-19-31(20-24-33)36-34(25-26-35(30-15-13-12-14-16-30)46-49(10,11)39(4,5)6)37(42)41(36)32-21-17-29(18-22-32)27-28-40-47(7,43)44/h12-24,34-36,40H,25-26H2,1-11H3/t34-,35+,36-/m1/s1.